The number of hydrogen-bond donors (Lipinski definition) is 0. The lowest BCUT2D eigenvalue weighted by Gasteiger charge is -2.17. The highest BCUT2D eigenvalue weighted by Crippen LogP contribution is 2.38. The summed E-state index contributed by atoms with van der Waals surface area (Å²) in [4.78, 5) is 2.30. The van der Waals surface area contributed by atoms with E-state index in [4.69, 9.17) is 0 Å². The van der Waals surface area contributed by atoms with E-state index in [0.717, 1.165) is 6.54 Å². The maximum absolute atomic E-state index is 2.30. The quantitative estimate of drug-likeness (QED) is 0.638. The number of rotatable bonds is 2. The van der Waals surface area contributed by atoms with Gasteiger partial charge in [0.2, 0.25) is 0 Å². The number of benzene rings is 2. The molecule has 0 aliphatic heterocycles. The second-order valence-electron chi connectivity index (χ2n) is 4.27. The Balaban J connectivity index is 2.39. The van der Waals surface area contributed by atoms with E-state index in [2.05, 4.69) is 61.3 Å². The summed E-state index contributed by atoms with van der Waals surface area (Å²) in [6.45, 7) is 3.22. The highest BCUT2D eigenvalue weighted by atomic mass is 32.1. The number of hydrogen-bond acceptors (Lipinski definition) is 2. The molecule has 1 heterocycles. The number of fused-ring (bicyclic) bond motifs is 3. The Labute approximate surface area is 105 Å². The molecule has 17 heavy (non-hydrogen) atoms. The minimum atomic E-state index is 1.04. The van der Waals surface area contributed by atoms with Gasteiger partial charge in [-0.2, -0.15) is 0 Å². The van der Waals surface area contributed by atoms with Gasteiger partial charge >= 0.3 is 0 Å². The summed E-state index contributed by atoms with van der Waals surface area (Å²) in [7, 11) is 2.15. The van der Waals surface area contributed by atoms with E-state index in [1.165, 1.54) is 25.9 Å². The normalized spacial score (nSPS) is 11.2. The maximum Gasteiger partial charge on any atom is 0.0588 e. The van der Waals surface area contributed by atoms with Gasteiger partial charge in [0.25, 0.3) is 0 Å². The summed E-state index contributed by atoms with van der Waals surface area (Å²) in [6.07, 6.45) is 0. The van der Waals surface area contributed by atoms with Crippen LogP contribution < -0.4 is 4.90 Å². The second-order valence-corrected chi connectivity index (χ2v) is 5.32. The van der Waals surface area contributed by atoms with Crippen molar-refractivity contribution in [3.63, 3.8) is 0 Å². The molecular weight excluding hydrogens is 226 g/mol. The van der Waals surface area contributed by atoms with Crippen molar-refractivity contribution in [1.82, 2.24) is 0 Å². The second kappa shape index (κ2) is 4.04. The third-order valence-corrected chi connectivity index (χ3v) is 4.48. The van der Waals surface area contributed by atoms with Crippen molar-refractivity contribution in [2.45, 2.75) is 6.92 Å². The Bertz CT molecular complexity index is 669. The van der Waals surface area contributed by atoms with E-state index >= 15 is 0 Å². The first-order valence-electron chi connectivity index (χ1n) is 5.92. The van der Waals surface area contributed by atoms with Crippen LogP contribution in [-0.4, -0.2) is 13.6 Å². The third-order valence-electron chi connectivity index (χ3n) is 3.27. The molecule has 0 aliphatic rings. The van der Waals surface area contributed by atoms with E-state index in [9.17, 15) is 0 Å². The zero-order valence-electron chi connectivity index (χ0n) is 10.1. The summed E-state index contributed by atoms with van der Waals surface area (Å²) in [6, 6.07) is 15.2. The van der Waals surface area contributed by atoms with Crippen LogP contribution in [0.5, 0.6) is 0 Å². The molecule has 0 fully saturated rings. The zero-order valence-corrected chi connectivity index (χ0v) is 10.9. The molecule has 2 heteroatoms. The third kappa shape index (κ3) is 1.60. The molecule has 3 rings (SSSR count). The van der Waals surface area contributed by atoms with Gasteiger partial charge in [-0.3, -0.25) is 0 Å². The fraction of sp³-hybridized carbons (Fsp3) is 0.200. The van der Waals surface area contributed by atoms with Crippen molar-refractivity contribution < 1.29 is 0 Å². The SMILES string of the molecule is CCN(C)c1cccc2c1sc1ccccc12. The Morgan fingerprint density at radius 3 is 2.59 bits per heavy atom. The largest absolute Gasteiger partial charge is 0.374 e. The topological polar surface area (TPSA) is 3.24 Å². The zero-order chi connectivity index (χ0) is 11.8. The smallest absolute Gasteiger partial charge is 0.0588 e. The van der Waals surface area contributed by atoms with Gasteiger partial charge in [-0.25, -0.2) is 0 Å². The van der Waals surface area contributed by atoms with E-state index in [0.29, 0.717) is 0 Å². The van der Waals surface area contributed by atoms with Gasteiger partial charge in [0.05, 0.1) is 10.4 Å². The van der Waals surface area contributed by atoms with Crippen LogP contribution in [0.2, 0.25) is 0 Å². The molecule has 86 valence electrons. The van der Waals surface area contributed by atoms with Crippen LogP contribution in [-0.2, 0) is 0 Å². The van der Waals surface area contributed by atoms with Crippen molar-refractivity contribution in [2.24, 2.45) is 0 Å². The van der Waals surface area contributed by atoms with Gasteiger partial charge in [-0.1, -0.05) is 30.3 Å². The maximum atomic E-state index is 2.30. The summed E-state index contributed by atoms with van der Waals surface area (Å²) in [5.41, 5.74) is 1.34. The molecule has 0 unspecified atom stereocenters. The van der Waals surface area contributed by atoms with Gasteiger partial charge in [-0.05, 0) is 19.1 Å². The minimum absolute atomic E-state index is 1.04. The molecule has 0 aliphatic carbocycles. The van der Waals surface area contributed by atoms with Crippen LogP contribution in [0.4, 0.5) is 5.69 Å². The van der Waals surface area contributed by atoms with Gasteiger partial charge in [0.1, 0.15) is 0 Å². The Hall–Kier alpha value is -1.54. The molecule has 2 aromatic carbocycles. The van der Waals surface area contributed by atoms with Crippen molar-refractivity contribution in [1.29, 1.82) is 0 Å². The standard InChI is InChI=1S/C15H15NS/c1-3-16(2)13-9-6-8-12-11-7-4-5-10-14(11)17-15(12)13/h4-10H,3H2,1-2H3. The Morgan fingerprint density at radius 2 is 1.76 bits per heavy atom. The highest BCUT2D eigenvalue weighted by Gasteiger charge is 2.09. The average Bonchev–Trinajstić information content (AvgIpc) is 2.76. The predicted octanol–water partition coefficient (Wildman–Crippen LogP) is 4.51. The summed E-state index contributed by atoms with van der Waals surface area (Å²) >= 11 is 1.89. The van der Waals surface area contributed by atoms with E-state index in [1.54, 1.807) is 0 Å². The monoisotopic (exact) mass is 241 g/mol. The Morgan fingerprint density at radius 1 is 1.00 bits per heavy atom. The molecule has 0 radical (unpaired) electrons. The summed E-state index contributed by atoms with van der Waals surface area (Å²) in [5, 5.41) is 2.75. The summed E-state index contributed by atoms with van der Waals surface area (Å²) in [5.74, 6) is 0. The van der Waals surface area contributed by atoms with Crippen LogP contribution in [0, 0.1) is 0 Å². The lowest BCUT2D eigenvalue weighted by molar-refractivity contribution is 0.975. The van der Waals surface area contributed by atoms with Gasteiger partial charge in [0.15, 0.2) is 0 Å². The van der Waals surface area contributed by atoms with E-state index < -0.39 is 0 Å². The predicted molar refractivity (Wildman–Crippen MR) is 78.3 cm³/mol. The minimum Gasteiger partial charge on any atom is -0.374 e. The fourth-order valence-corrected chi connectivity index (χ4v) is 3.47. The first kappa shape index (κ1) is 10.6. The number of nitrogens with zero attached hydrogens (tertiary/aromatic N) is 1. The van der Waals surface area contributed by atoms with Gasteiger partial charge < -0.3 is 4.90 Å². The lowest BCUT2D eigenvalue weighted by atomic mass is 10.1. The van der Waals surface area contributed by atoms with Crippen molar-refractivity contribution in [3.05, 3.63) is 42.5 Å². The average molecular weight is 241 g/mol. The van der Waals surface area contributed by atoms with Gasteiger partial charge in [0, 0.05) is 29.1 Å². The van der Waals surface area contributed by atoms with Gasteiger partial charge in [-0.15, -0.1) is 11.3 Å². The number of anilines is 1. The van der Waals surface area contributed by atoms with E-state index in [-0.39, 0.29) is 0 Å². The van der Waals surface area contributed by atoms with Crippen LogP contribution in [0.25, 0.3) is 20.2 Å². The fourth-order valence-electron chi connectivity index (χ4n) is 2.20. The Kier molecular flexibility index (Phi) is 2.52. The van der Waals surface area contributed by atoms with Crippen molar-refractivity contribution in [3.8, 4) is 0 Å². The molecule has 1 nitrogen and oxygen atoms in total. The molecule has 1 aromatic heterocycles. The molecule has 0 atom stereocenters. The highest BCUT2D eigenvalue weighted by molar-refractivity contribution is 7.26. The molecule has 0 saturated heterocycles. The van der Waals surface area contributed by atoms with Crippen LogP contribution in [0.3, 0.4) is 0 Å². The number of thiophene rings is 1. The lowest BCUT2D eigenvalue weighted by Crippen LogP contribution is -2.15. The first-order valence-corrected chi connectivity index (χ1v) is 6.74. The van der Waals surface area contributed by atoms with Crippen LogP contribution >= 0.6 is 11.3 Å². The van der Waals surface area contributed by atoms with Crippen molar-refractivity contribution >= 4 is 37.2 Å². The molecule has 0 bridgehead atoms. The van der Waals surface area contributed by atoms with Crippen LogP contribution in [0.1, 0.15) is 6.92 Å². The molecule has 0 spiro atoms. The summed E-state index contributed by atoms with van der Waals surface area (Å²) < 4.78 is 2.78. The molecule has 0 N–H and O–H groups in total. The molecular formula is C15H15NS. The van der Waals surface area contributed by atoms with Crippen LogP contribution in [0.15, 0.2) is 42.5 Å². The molecule has 0 amide bonds. The first-order chi connectivity index (χ1) is 8.31. The molecule has 3 aromatic rings. The molecule has 0 saturated carbocycles. The van der Waals surface area contributed by atoms with Crippen molar-refractivity contribution in [2.75, 3.05) is 18.5 Å². The van der Waals surface area contributed by atoms with E-state index in [1.807, 2.05) is 11.3 Å².